The molecule has 0 atom stereocenters. The molecule has 0 aliphatic rings. The van der Waals surface area contributed by atoms with Gasteiger partial charge in [-0.05, 0) is 34.6 Å². The first-order valence-corrected chi connectivity index (χ1v) is 5.05. The molecule has 0 saturated heterocycles. The van der Waals surface area contributed by atoms with Gasteiger partial charge in [0.2, 0.25) is 0 Å². The summed E-state index contributed by atoms with van der Waals surface area (Å²) >= 11 is 0. The highest BCUT2D eigenvalue weighted by Gasteiger charge is 2.28. The lowest BCUT2D eigenvalue weighted by molar-refractivity contribution is 0.149. The van der Waals surface area contributed by atoms with Gasteiger partial charge in [0.05, 0.1) is 18.7 Å². The van der Waals surface area contributed by atoms with Crippen molar-refractivity contribution >= 4 is 6.09 Å². The van der Waals surface area contributed by atoms with Crippen LogP contribution in [0.15, 0.2) is 0 Å². The summed E-state index contributed by atoms with van der Waals surface area (Å²) < 4.78 is 4.93. The highest BCUT2D eigenvalue weighted by molar-refractivity contribution is 5.69. The third kappa shape index (κ3) is 1.86. The molecule has 82 valence electrons. The van der Waals surface area contributed by atoms with E-state index in [0.29, 0.717) is 6.61 Å². The Balaban J connectivity index is 2.81. The van der Waals surface area contributed by atoms with Crippen molar-refractivity contribution in [2.45, 2.75) is 46.7 Å². The van der Waals surface area contributed by atoms with Gasteiger partial charge in [0.15, 0.2) is 0 Å². The summed E-state index contributed by atoms with van der Waals surface area (Å²) in [5.41, 5.74) is 0. The summed E-state index contributed by atoms with van der Waals surface area (Å²) in [5.74, 6) is 0. The first-order valence-electron chi connectivity index (χ1n) is 5.05. The lowest BCUT2D eigenvalue weighted by atomic mass is 10.4. The molecular weight excluding hydrogens is 182 g/mol. The average Bonchev–Trinajstić information content (AvgIpc) is 2.78. The molecule has 0 bridgehead atoms. The van der Waals surface area contributed by atoms with Gasteiger partial charge in [-0.1, -0.05) is 4.80 Å². The van der Waals surface area contributed by atoms with Gasteiger partial charge in [0.1, 0.15) is 0 Å². The van der Waals surface area contributed by atoms with Crippen molar-refractivity contribution in [1.29, 1.82) is 0 Å². The van der Waals surface area contributed by atoms with Crippen LogP contribution in [0.25, 0.3) is 0 Å². The minimum absolute atomic E-state index is 0.279. The second-order valence-corrected chi connectivity index (χ2v) is 3.82. The molecule has 0 amide bonds. The largest absolute Gasteiger partial charge is 0.451 e. The topological polar surface area (TPSA) is 41.1 Å². The van der Waals surface area contributed by atoms with E-state index in [1.54, 1.807) is 11.7 Å². The van der Waals surface area contributed by atoms with Gasteiger partial charge in [-0.3, -0.25) is 0 Å². The normalized spacial score (nSPS) is 11.6. The van der Waals surface area contributed by atoms with Gasteiger partial charge in [0, 0.05) is 0 Å². The molecule has 0 spiro atoms. The predicted molar refractivity (Wildman–Crippen MR) is 53.6 cm³/mol. The fourth-order valence-corrected chi connectivity index (χ4v) is 1.41. The third-order valence-corrected chi connectivity index (χ3v) is 1.92. The van der Waals surface area contributed by atoms with Gasteiger partial charge >= 0.3 is 6.09 Å². The molecule has 0 aliphatic carbocycles. The molecule has 1 aromatic rings. The van der Waals surface area contributed by atoms with E-state index in [2.05, 4.69) is 0 Å². The van der Waals surface area contributed by atoms with Crippen LogP contribution in [0.2, 0.25) is 0 Å². The maximum Gasteiger partial charge on any atom is 0.451 e. The Bertz CT molecular complexity index is 284. The summed E-state index contributed by atoms with van der Waals surface area (Å²) in [4.78, 5) is 16.8. The number of rotatable bonds is 3. The third-order valence-electron chi connectivity index (χ3n) is 1.92. The van der Waals surface area contributed by atoms with Crippen LogP contribution in [0.1, 0.15) is 46.7 Å². The Morgan fingerprint density at radius 1 is 1.14 bits per heavy atom. The van der Waals surface area contributed by atoms with Gasteiger partial charge in [0.25, 0.3) is 0 Å². The van der Waals surface area contributed by atoms with Crippen LogP contribution in [0, 0.1) is 0 Å². The zero-order valence-corrected chi connectivity index (χ0v) is 9.52. The van der Waals surface area contributed by atoms with Crippen molar-refractivity contribution in [1.82, 2.24) is 14.4 Å². The number of carbonyl (C=O) groups excluding carboxylic acids is 1. The highest BCUT2D eigenvalue weighted by atomic mass is 16.6. The molecule has 0 aromatic carbocycles. The summed E-state index contributed by atoms with van der Waals surface area (Å²) in [6.45, 7) is 10.4. The molecule has 0 saturated carbocycles. The average molecular weight is 201 g/mol. The van der Waals surface area contributed by atoms with Gasteiger partial charge in [-0.2, -0.15) is 9.59 Å². The van der Waals surface area contributed by atoms with Crippen molar-refractivity contribution in [3.8, 4) is 0 Å². The number of nitrogens with zero attached hydrogens (tertiary/aromatic N) is 3. The smallest absolute Gasteiger partial charge is 0.447 e. The second kappa shape index (κ2) is 3.94. The van der Waals surface area contributed by atoms with E-state index < -0.39 is 0 Å². The second-order valence-electron chi connectivity index (χ2n) is 3.82. The fraction of sp³-hybridized carbons (Fsp3) is 0.889. The molecule has 1 rings (SSSR count). The van der Waals surface area contributed by atoms with E-state index in [-0.39, 0.29) is 18.2 Å². The van der Waals surface area contributed by atoms with E-state index in [0.717, 1.165) is 0 Å². The van der Waals surface area contributed by atoms with Crippen LogP contribution in [-0.2, 0) is 4.74 Å². The molecule has 1 heterocycles. The number of carbonyl (C=O) groups is 1. The van der Waals surface area contributed by atoms with Crippen molar-refractivity contribution in [3.05, 3.63) is 0 Å². The number of aromatic nitrogens is 3. The van der Waals surface area contributed by atoms with Gasteiger partial charge in [-0.25, -0.2) is 4.79 Å². The highest BCUT2D eigenvalue weighted by Crippen LogP contribution is 2.17. The zero-order valence-electron chi connectivity index (χ0n) is 9.52. The monoisotopic (exact) mass is 201 g/mol. The van der Waals surface area contributed by atoms with Gasteiger partial charge in [-0.15, -0.1) is 0 Å². The zero-order chi connectivity index (χ0) is 10.9. The lowest BCUT2D eigenvalue weighted by Gasteiger charge is -1.98. The molecule has 5 nitrogen and oxygen atoms in total. The van der Waals surface area contributed by atoms with E-state index in [1.807, 2.05) is 37.3 Å². The first-order chi connectivity index (χ1) is 6.50. The Morgan fingerprint density at radius 3 is 1.86 bits per heavy atom. The van der Waals surface area contributed by atoms with Crippen LogP contribution >= 0.6 is 0 Å². The standard InChI is InChI=1S/C9H19N3O2/c1-6-14-9(13)12-10(7(2)3)11(12)8(4)5/h7-8H,6H2,1-5H3. The molecule has 0 unspecified atom stereocenters. The maximum atomic E-state index is 11.5. The molecule has 0 radical (unpaired) electrons. The number of hydrogen-bond acceptors (Lipinski definition) is 2. The Hall–Kier alpha value is -1.13. The SMILES string of the molecule is CCOC(=O)n1n(C(C)C)n1C(C)C. The Morgan fingerprint density at radius 2 is 1.57 bits per heavy atom. The van der Waals surface area contributed by atoms with Crippen LogP contribution in [-0.4, -0.2) is 27.1 Å². The van der Waals surface area contributed by atoms with Gasteiger partial charge < -0.3 is 4.74 Å². The maximum absolute atomic E-state index is 11.5. The minimum Gasteiger partial charge on any atom is -0.447 e. The summed E-state index contributed by atoms with van der Waals surface area (Å²) in [6, 6.07) is 0.559. The molecule has 14 heavy (non-hydrogen) atoms. The van der Waals surface area contributed by atoms with E-state index in [1.165, 1.54) is 0 Å². The van der Waals surface area contributed by atoms with Crippen molar-refractivity contribution in [2.24, 2.45) is 0 Å². The molecule has 5 heteroatoms. The lowest BCUT2D eigenvalue weighted by Crippen LogP contribution is -2.12. The van der Waals surface area contributed by atoms with Crippen molar-refractivity contribution < 1.29 is 9.53 Å². The van der Waals surface area contributed by atoms with Crippen molar-refractivity contribution in [2.75, 3.05) is 6.61 Å². The first kappa shape index (κ1) is 10.9. The Kier molecular flexibility index (Phi) is 3.08. The molecule has 0 aliphatic heterocycles. The summed E-state index contributed by atoms with van der Waals surface area (Å²) in [7, 11) is 0. The van der Waals surface area contributed by atoms with E-state index >= 15 is 0 Å². The molecule has 0 fully saturated rings. The number of ether oxygens (including phenoxy) is 1. The summed E-state index contributed by atoms with van der Waals surface area (Å²) in [5, 5.41) is 0. The fourth-order valence-electron chi connectivity index (χ4n) is 1.41. The van der Waals surface area contributed by atoms with E-state index in [4.69, 9.17) is 4.74 Å². The van der Waals surface area contributed by atoms with E-state index in [9.17, 15) is 4.79 Å². The predicted octanol–water partition coefficient (Wildman–Crippen LogP) is 2.26. The molecular formula is C9H19N3O2. The quantitative estimate of drug-likeness (QED) is 0.752. The molecule has 1 aromatic heterocycles. The van der Waals surface area contributed by atoms with Crippen LogP contribution in [0.5, 0.6) is 0 Å². The van der Waals surface area contributed by atoms with Crippen LogP contribution < -0.4 is 0 Å². The summed E-state index contributed by atoms with van der Waals surface area (Å²) in [6.07, 6.45) is -0.296. The van der Waals surface area contributed by atoms with Crippen LogP contribution in [0.3, 0.4) is 0 Å². The Labute approximate surface area is 84.2 Å². The number of hydrogen-bond donors (Lipinski definition) is 0. The minimum atomic E-state index is -0.296. The molecule has 0 N–H and O–H groups in total. The van der Waals surface area contributed by atoms with Crippen molar-refractivity contribution in [3.63, 3.8) is 0 Å². The van der Waals surface area contributed by atoms with Crippen LogP contribution in [0.4, 0.5) is 4.79 Å².